The third-order valence-corrected chi connectivity index (χ3v) is 3.11. The van der Waals surface area contributed by atoms with Gasteiger partial charge in [-0.3, -0.25) is 0 Å². The molecule has 1 heterocycles. The van der Waals surface area contributed by atoms with Crippen LogP contribution >= 0.6 is 0 Å². The summed E-state index contributed by atoms with van der Waals surface area (Å²) in [5.74, 6) is 1.32. The Hall–Kier alpha value is -1.94. The number of hydrogen-bond donors (Lipinski definition) is 1. The molecule has 0 unspecified atom stereocenters. The van der Waals surface area contributed by atoms with Crippen LogP contribution in [-0.4, -0.2) is 16.7 Å². The second-order valence-electron chi connectivity index (χ2n) is 5.04. The van der Waals surface area contributed by atoms with Gasteiger partial charge in [0.05, 0.1) is 5.69 Å². The van der Waals surface area contributed by atoms with Crippen molar-refractivity contribution in [2.45, 2.75) is 39.7 Å². The van der Waals surface area contributed by atoms with Crippen molar-refractivity contribution in [2.24, 2.45) is 0 Å². The van der Waals surface area contributed by atoms with E-state index < -0.39 is 0 Å². The summed E-state index contributed by atoms with van der Waals surface area (Å²) in [6.07, 6.45) is 3.36. The van der Waals surface area contributed by atoms with E-state index in [4.69, 9.17) is 4.74 Å². The summed E-state index contributed by atoms with van der Waals surface area (Å²) in [7, 11) is 0. The van der Waals surface area contributed by atoms with Crippen molar-refractivity contribution in [3.05, 3.63) is 47.7 Å². The van der Waals surface area contributed by atoms with Crippen molar-refractivity contribution in [3.8, 4) is 11.6 Å². The van der Waals surface area contributed by atoms with Crippen LogP contribution in [0.15, 0.2) is 36.4 Å². The van der Waals surface area contributed by atoms with Crippen molar-refractivity contribution in [2.75, 3.05) is 6.54 Å². The molecule has 112 valence electrons. The average Bonchev–Trinajstić information content (AvgIpc) is 2.51. The van der Waals surface area contributed by atoms with Crippen LogP contribution in [0.2, 0.25) is 0 Å². The lowest BCUT2D eigenvalue weighted by Gasteiger charge is -2.06. The lowest BCUT2D eigenvalue weighted by atomic mass is 10.1. The van der Waals surface area contributed by atoms with Crippen LogP contribution < -0.4 is 10.1 Å². The Morgan fingerprint density at radius 2 is 1.76 bits per heavy atom. The number of ether oxygens (including phenoxy) is 1. The van der Waals surface area contributed by atoms with Gasteiger partial charge < -0.3 is 10.1 Å². The van der Waals surface area contributed by atoms with Crippen LogP contribution in [0.5, 0.6) is 11.6 Å². The highest BCUT2D eigenvalue weighted by atomic mass is 16.5. The number of hydrogen-bond acceptors (Lipinski definition) is 4. The van der Waals surface area contributed by atoms with E-state index in [1.807, 2.05) is 24.3 Å². The first-order chi connectivity index (χ1) is 10.3. The number of benzene rings is 1. The van der Waals surface area contributed by atoms with E-state index in [0.717, 1.165) is 43.8 Å². The maximum absolute atomic E-state index is 5.70. The highest BCUT2D eigenvalue weighted by Crippen LogP contribution is 2.19. The van der Waals surface area contributed by atoms with Crippen molar-refractivity contribution >= 4 is 0 Å². The Kier molecular flexibility index (Phi) is 6.16. The van der Waals surface area contributed by atoms with E-state index in [2.05, 4.69) is 41.5 Å². The SMILES string of the molecule is CCCNCc1ccc(Oc2ccc(CCC)cc2)nn1. The Labute approximate surface area is 126 Å². The highest BCUT2D eigenvalue weighted by molar-refractivity contribution is 5.30. The molecule has 21 heavy (non-hydrogen) atoms. The van der Waals surface area contributed by atoms with Gasteiger partial charge in [-0.2, -0.15) is 5.10 Å². The largest absolute Gasteiger partial charge is 0.438 e. The van der Waals surface area contributed by atoms with Gasteiger partial charge in [-0.1, -0.05) is 32.4 Å². The molecular weight excluding hydrogens is 262 g/mol. The van der Waals surface area contributed by atoms with Gasteiger partial charge in [0.1, 0.15) is 5.75 Å². The maximum atomic E-state index is 5.70. The molecule has 0 bridgehead atoms. The minimum atomic E-state index is 0.525. The zero-order valence-electron chi connectivity index (χ0n) is 12.8. The van der Waals surface area contributed by atoms with Crippen LogP contribution in [0.3, 0.4) is 0 Å². The van der Waals surface area contributed by atoms with Gasteiger partial charge in [-0.25, -0.2) is 0 Å². The Morgan fingerprint density at radius 3 is 2.38 bits per heavy atom. The van der Waals surface area contributed by atoms with Gasteiger partial charge in [0.25, 0.3) is 0 Å². The summed E-state index contributed by atoms with van der Waals surface area (Å²) in [6, 6.07) is 11.9. The summed E-state index contributed by atoms with van der Waals surface area (Å²) in [4.78, 5) is 0. The molecule has 2 aromatic rings. The molecule has 0 spiro atoms. The van der Waals surface area contributed by atoms with Crippen molar-refractivity contribution in [1.29, 1.82) is 0 Å². The highest BCUT2D eigenvalue weighted by Gasteiger charge is 2.01. The van der Waals surface area contributed by atoms with Gasteiger partial charge >= 0.3 is 0 Å². The minimum Gasteiger partial charge on any atom is -0.438 e. The standard InChI is InChI=1S/C17H23N3O/c1-3-5-14-6-9-16(10-7-14)21-17-11-8-15(19-20-17)13-18-12-4-2/h6-11,18H,3-5,12-13H2,1-2H3. The molecule has 0 aliphatic heterocycles. The van der Waals surface area contributed by atoms with Crippen molar-refractivity contribution in [1.82, 2.24) is 15.5 Å². The van der Waals surface area contributed by atoms with Crippen LogP contribution in [-0.2, 0) is 13.0 Å². The number of aryl methyl sites for hydroxylation is 1. The van der Waals surface area contributed by atoms with Gasteiger partial charge in [0.15, 0.2) is 0 Å². The number of nitrogens with zero attached hydrogens (tertiary/aromatic N) is 2. The molecule has 1 aromatic carbocycles. The van der Waals surface area contributed by atoms with E-state index in [9.17, 15) is 0 Å². The lowest BCUT2D eigenvalue weighted by molar-refractivity contribution is 0.453. The van der Waals surface area contributed by atoms with Gasteiger partial charge in [0, 0.05) is 12.6 Å². The molecule has 4 nitrogen and oxygen atoms in total. The Balaban J connectivity index is 1.90. The third-order valence-electron chi connectivity index (χ3n) is 3.11. The fraction of sp³-hybridized carbons (Fsp3) is 0.412. The molecule has 0 radical (unpaired) electrons. The quantitative estimate of drug-likeness (QED) is 0.751. The zero-order valence-corrected chi connectivity index (χ0v) is 12.8. The summed E-state index contributed by atoms with van der Waals surface area (Å²) in [5, 5.41) is 11.6. The molecule has 1 N–H and O–H groups in total. The predicted molar refractivity (Wildman–Crippen MR) is 84.5 cm³/mol. The van der Waals surface area contributed by atoms with Crippen LogP contribution in [0.25, 0.3) is 0 Å². The second-order valence-corrected chi connectivity index (χ2v) is 5.04. The predicted octanol–water partition coefficient (Wildman–Crippen LogP) is 3.72. The minimum absolute atomic E-state index is 0.525. The molecule has 0 saturated heterocycles. The fourth-order valence-electron chi connectivity index (χ4n) is 2.02. The normalized spacial score (nSPS) is 10.6. The van der Waals surface area contributed by atoms with Crippen LogP contribution in [0.1, 0.15) is 37.9 Å². The number of aromatic nitrogens is 2. The maximum Gasteiger partial charge on any atom is 0.238 e. The van der Waals surface area contributed by atoms with Gasteiger partial charge in [-0.15, -0.1) is 5.10 Å². The fourth-order valence-corrected chi connectivity index (χ4v) is 2.02. The molecule has 1 aromatic heterocycles. The molecule has 0 atom stereocenters. The van der Waals surface area contributed by atoms with E-state index in [-0.39, 0.29) is 0 Å². The Bertz CT molecular complexity index is 523. The third kappa shape index (κ3) is 5.16. The molecule has 2 rings (SSSR count). The monoisotopic (exact) mass is 285 g/mol. The van der Waals surface area contributed by atoms with Crippen molar-refractivity contribution < 1.29 is 4.74 Å². The second kappa shape index (κ2) is 8.37. The molecule has 0 amide bonds. The van der Waals surface area contributed by atoms with Crippen molar-refractivity contribution in [3.63, 3.8) is 0 Å². The summed E-state index contributed by atoms with van der Waals surface area (Å²) < 4.78 is 5.70. The molecule has 0 aliphatic carbocycles. The first-order valence-corrected chi connectivity index (χ1v) is 7.62. The van der Waals surface area contributed by atoms with Gasteiger partial charge in [-0.05, 0) is 43.1 Å². The van der Waals surface area contributed by atoms with E-state index >= 15 is 0 Å². The topological polar surface area (TPSA) is 47.0 Å². The van der Waals surface area contributed by atoms with Crippen LogP contribution in [0.4, 0.5) is 0 Å². The Morgan fingerprint density at radius 1 is 0.952 bits per heavy atom. The summed E-state index contributed by atoms with van der Waals surface area (Å²) in [6.45, 7) is 6.05. The van der Waals surface area contributed by atoms with E-state index in [1.165, 1.54) is 5.56 Å². The first kappa shape index (κ1) is 15.4. The lowest BCUT2D eigenvalue weighted by Crippen LogP contribution is -2.15. The first-order valence-electron chi connectivity index (χ1n) is 7.62. The zero-order chi connectivity index (χ0) is 14.9. The molecule has 0 fully saturated rings. The molecule has 4 heteroatoms. The number of rotatable bonds is 8. The smallest absolute Gasteiger partial charge is 0.238 e. The van der Waals surface area contributed by atoms with E-state index in [1.54, 1.807) is 0 Å². The number of nitrogens with one attached hydrogen (secondary N) is 1. The van der Waals surface area contributed by atoms with E-state index in [0.29, 0.717) is 5.88 Å². The molecule has 0 saturated carbocycles. The summed E-state index contributed by atoms with van der Waals surface area (Å²) >= 11 is 0. The molecule has 0 aliphatic rings. The van der Waals surface area contributed by atoms with Gasteiger partial charge in [0.2, 0.25) is 5.88 Å². The van der Waals surface area contributed by atoms with Crippen LogP contribution in [0, 0.1) is 0 Å². The molecular formula is C17H23N3O. The summed E-state index contributed by atoms with van der Waals surface area (Å²) in [5.41, 5.74) is 2.25. The average molecular weight is 285 g/mol.